The average Bonchev–Trinajstić information content (AvgIpc) is 2.84. The first-order chi connectivity index (χ1) is 16.7. The fraction of sp³-hybridized carbons (Fsp3) is 0.867. The summed E-state index contributed by atoms with van der Waals surface area (Å²) >= 11 is 0. The lowest BCUT2D eigenvalue weighted by molar-refractivity contribution is -0.140. The summed E-state index contributed by atoms with van der Waals surface area (Å²) in [5.41, 5.74) is 0. The molecule has 0 bridgehead atoms. The Labute approximate surface area is 211 Å². The zero-order valence-corrected chi connectivity index (χ0v) is 22.8. The highest BCUT2D eigenvalue weighted by Crippen LogP contribution is 2.12. The van der Waals surface area contributed by atoms with E-state index in [-0.39, 0.29) is 0 Å². The van der Waals surface area contributed by atoms with Crippen molar-refractivity contribution in [2.75, 3.05) is 13.2 Å². The fourth-order valence-electron chi connectivity index (χ4n) is 4.11. The van der Waals surface area contributed by atoms with E-state index < -0.39 is 11.9 Å². The summed E-state index contributed by atoms with van der Waals surface area (Å²) in [5, 5.41) is 0. The Kier molecular flexibility index (Phi) is 26.8. The maximum Gasteiger partial charge on any atom is 0.331 e. The standard InChI is InChI=1S/C30H56O4/c1-3-5-7-9-11-13-15-17-19-21-23-27-33-29(31)25-26-30(32)34-28-24-22-20-18-16-14-12-10-8-6-4-2/h25-26H,3-24,27-28H2,1-2H3/b26-25+. The lowest BCUT2D eigenvalue weighted by Gasteiger charge is -2.04. The molecule has 0 aromatic rings. The van der Waals surface area contributed by atoms with Gasteiger partial charge in [0.15, 0.2) is 0 Å². The van der Waals surface area contributed by atoms with Gasteiger partial charge >= 0.3 is 11.9 Å². The molecule has 4 heteroatoms. The van der Waals surface area contributed by atoms with Gasteiger partial charge < -0.3 is 9.47 Å². The van der Waals surface area contributed by atoms with E-state index in [1.165, 1.54) is 128 Å². The zero-order valence-electron chi connectivity index (χ0n) is 22.8. The average molecular weight is 481 g/mol. The molecule has 0 spiro atoms. The molecule has 0 rings (SSSR count). The SMILES string of the molecule is CCCCCCCCCCCCCOC(=O)/C=C/C(=O)OCCCCCCCCCCCCC. The van der Waals surface area contributed by atoms with Crippen LogP contribution in [0.4, 0.5) is 0 Å². The third-order valence-corrected chi connectivity index (χ3v) is 6.34. The van der Waals surface area contributed by atoms with Crippen LogP contribution in [0.1, 0.15) is 155 Å². The molecule has 0 fully saturated rings. The predicted molar refractivity (Wildman–Crippen MR) is 144 cm³/mol. The van der Waals surface area contributed by atoms with Crippen LogP contribution >= 0.6 is 0 Å². The number of ether oxygens (including phenoxy) is 2. The molecular weight excluding hydrogens is 424 g/mol. The minimum atomic E-state index is -0.460. The molecule has 4 nitrogen and oxygen atoms in total. The van der Waals surface area contributed by atoms with Crippen molar-refractivity contribution in [3.8, 4) is 0 Å². The molecule has 0 unspecified atom stereocenters. The summed E-state index contributed by atoms with van der Waals surface area (Å²) in [6.45, 7) is 5.35. The van der Waals surface area contributed by atoms with E-state index in [1.54, 1.807) is 0 Å². The molecule has 34 heavy (non-hydrogen) atoms. The number of carbonyl (C=O) groups excluding carboxylic acids is 2. The van der Waals surface area contributed by atoms with Crippen LogP contribution in [0.15, 0.2) is 12.2 Å². The molecule has 200 valence electrons. The molecule has 0 aromatic heterocycles. The third-order valence-electron chi connectivity index (χ3n) is 6.34. The minimum absolute atomic E-state index is 0.425. The van der Waals surface area contributed by atoms with Gasteiger partial charge in [-0.1, -0.05) is 142 Å². The smallest absolute Gasteiger partial charge is 0.331 e. The Morgan fingerprint density at radius 3 is 0.912 bits per heavy atom. The van der Waals surface area contributed by atoms with E-state index in [1.807, 2.05) is 0 Å². The van der Waals surface area contributed by atoms with Gasteiger partial charge in [0.1, 0.15) is 0 Å². The van der Waals surface area contributed by atoms with E-state index in [9.17, 15) is 9.59 Å². The highest BCUT2D eigenvalue weighted by molar-refractivity contribution is 5.91. The van der Waals surface area contributed by atoms with E-state index in [4.69, 9.17) is 9.47 Å². The van der Waals surface area contributed by atoms with Crippen molar-refractivity contribution >= 4 is 11.9 Å². The number of unbranched alkanes of at least 4 members (excludes halogenated alkanes) is 20. The second-order valence-corrected chi connectivity index (χ2v) is 9.74. The van der Waals surface area contributed by atoms with Crippen LogP contribution in [-0.4, -0.2) is 25.2 Å². The number of hydrogen-bond acceptors (Lipinski definition) is 4. The summed E-state index contributed by atoms with van der Waals surface area (Å²) in [5.74, 6) is -0.919. The van der Waals surface area contributed by atoms with Gasteiger partial charge in [-0.25, -0.2) is 9.59 Å². The number of rotatable bonds is 26. The van der Waals surface area contributed by atoms with E-state index in [2.05, 4.69) is 13.8 Å². The molecule has 0 radical (unpaired) electrons. The summed E-state index contributed by atoms with van der Waals surface area (Å²) in [6, 6.07) is 0. The number of hydrogen-bond donors (Lipinski definition) is 0. The van der Waals surface area contributed by atoms with Crippen molar-refractivity contribution in [2.45, 2.75) is 155 Å². The van der Waals surface area contributed by atoms with Gasteiger partial charge in [0.2, 0.25) is 0 Å². The second kappa shape index (κ2) is 27.9. The van der Waals surface area contributed by atoms with Crippen LogP contribution in [-0.2, 0) is 19.1 Å². The Morgan fingerprint density at radius 1 is 0.412 bits per heavy atom. The van der Waals surface area contributed by atoms with Crippen LogP contribution in [0.3, 0.4) is 0 Å². The van der Waals surface area contributed by atoms with Gasteiger partial charge in [-0.05, 0) is 12.8 Å². The van der Waals surface area contributed by atoms with Gasteiger partial charge in [0.25, 0.3) is 0 Å². The van der Waals surface area contributed by atoms with Crippen molar-refractivity contribution in [1.29, 1.82) is 0 Å². The maximum absolute atomic E-state index is 11.7. The highest BCUT2D eigenvalue weighted by atomic mass is 16.5. The van der Waals surface area contributed by atoms with Crippen molar-refractivity contribution < 1.29 is 19.1 Å². The molecule has 0 heterocycles. The van der Waals surface area contributed by atoms with Crippen LogP contribution in [0.5, 0.6) is 0 Å². The number of esters is 2. The summed E-state index contributed by atoms with van der Waals surface area (Å²) in [6.07, 6.45) is 30.2. The summed E-state index contributed by atoms with van der Waals surface area (Å²) < 4.78 is 10.3. The minimum Gasteiger partial charge on any atom is -0.463 e. The Morgan fingerprint density at radius 2 is 0.647 bits per heavy atom. The van der Waals surface area contributed by atoms with Gasteiger partial charge in [0, 0.05) is 12.2 Å². The fourth-order valence-corrected chi connectivity index (χ4v) is 4.11. The van der Waals surface area contributed by atoms with Crippen molar-refractivity contribution in [2.24, 2.45) is 0 Å². The highest BCUT2D eigenvalue weighted by Gasteiger charge is 2.02. The van der Waals surface area contributed by atoms with E-state index in [0.29, 0.717) is 13.2 Å². The summed E-state index contributed by atoms with van der Waals surface area (Å²) in [4.78, 5) is 23.4. The third kappa shape index (κ3) is 26.9. The van der Waals surface area contributed by atoms with E-state index >= 15 is 0 Å². The zero-order chi connectivity index (χ0) is 25.0. The van der Waals surface area contributed by atoms with Crippen molar-refractivity contribution in [3.05, 3.63) is 12.2 Å². The Balaban J connectivity index is 3.38. The van der Waals surface area contributed by atoms with Crippen LogP contribution in [0, 0.1) is 0 Å². The van der Waals surface area contributed by atoms with E-state index in [0.717, 1.165) is 25.7 Å². The molecule has 0 saturated carbocycles. The predicted octanol–water partition coefficient (Wildman–Crippen LogP) is 9.25. The normalized spacial score (nSPS) is 11.2. The molecule has 0 aliphatic rings. The quantitative estimate of drug-likeness (QED) is 0.0703. The molecular formula is C30H56O4. The van der Waals surface area contributed by atoms with Gasteiger partial charge in [-0.15, -0.1) is 0 Å². The van der Waals surface area contributed by atoms with Crippen LogP contribution in [0.2, 0.25) is 0 Å². The maximum atomic E-state index is 11.7. The number of carbonyl (C=O) groups is 2. The van der Waals surface area contributed by atoms with Gasteiger partial charge in [-0.2, -0.15) is 0 Å². The molecule has 0 amide bonds. The molecule has 0 atom stereocenters. The Bertz CT molecular complexity index is 430. The van der Waals surface area contributed by atoms with Crippen molar-refractivity contribution in [1.82, 2.24) is 0 Å². The lowest BCUT2D eigenvalue weighted by Crippen LogP contribution is -2.06. The monoisotopic (exact) mass is 480 g/mol. The van der Waals surface area contributed by atoms with Gasteiger partial charge in [0.05, 0.1) is 13.2 Å². The molecule has 0 aliphatic carbocycles. The Hall–Kier alpha value is -1.32. The van der Waals surface area contributed by atoms with Gasteiger partial charge in [-0.3, -0.25) is 0 Å². The first-order valence-corrected chi connectivity index (χ1v) is 14.7. The molecule has 0 saturated heterocycles. The van der Waals surface area contributed by atoms with Crippen molar-refractivity contribution in [3.63, 3.8) is 0 Å². The largest absolute Gasteiger partial charge is 0.463 e. The first kappa shape index (κ1) is 32.7. The van der Waals surface area contributed by atoms with Crippen LogP contribution < -0.4 is 0 Å². The van der Waals surface area contributed by atoms with Crippen LogP contribution in [0.25, 0.3) is 0 Å². The molecule has 0 aliphatic heterocycles. The molecule has 0 N–H and O–H groups in total. The molecule has 0 aromatic carbocycles. The topological polar surface area (TPSA) is 52.6 Å². The summed E-state index contributed by atoms with van der Waals surface area (Å²) in [7, 11) is 0. The second-order valence-electron chi connectivity index (χ2n) is 9.74. The first-order valence-electron chi connectivity index (χ1n) is 14.7. The lowest BCUT2D eigenvalue weighted by atomic mass is 10.1.